The first-order chi connectivity index (χ1) is 13.9. The van der Waals surface area contributed by atoms with Gasteiger partial charge in [0.25, 0.3) is 11.8 Å². The number of aryl methyl sites for hydroxylation is 1. The Bertz CT molecular complexity index is 1110. The molecule has 3 aromatic rings. The van der Waals surface area contributed by atoms with Gasteiger partial charge in [-0.05, 0) is 55.5 Å². The second-order valence-electron chi connectivity index (χ2n) is 6.75. The van der Waals surface area contributed by atoms with Gasteiger partial charge in [0, 0.05) is 18.7 Å². The van der Waals surface area contributed by atoms with Gasteiger partial charge in [0.05, 0.1) is 10.6 Å². The zero-order valence-electron chi connectivity index (χ0n) is 15.8. The highest BCUT2D eigenvalue weighted by atomic mass is 32.2. The molecule has 0 radical (unpaired) electrons. The van der Waals surface area contributed by atoms with Crippen LogP contribution in [0.25, 0.3) is 10.8 Å². The lowest BCUT2D eigenvalue weighted by Gasteiger charge is -2.25. The van der Waals surface area contributed by atoms with Crippen molar-refractivity contribution in [2.75, 3.05) is 18.4 Å². The van der Waals surface area contributed by atoms with Crippen molar-refractivity contribution in [2.45, 2.75) is 31.1 Å². The van der Waals surface area contributed by atoms with E-state index < -0.39 is 10.0 Å². The Balaban J connectivity index is 1.50. The fourth-order valence-electron chi connectivity index (χ4n) is 3.19. The minimum absolute atomic E-state index is 0.202. The van der Waals surface area contributed by atoms with Crippen molar-refractivity contribution in [2.24, 2.45) is 0 Å². The number of anilines is 1. The van der Waals surface area contributed by atoms with Crippen LogP contribution in [0.15, 0.2) is 45.1 Å². The molecule has 2 aromatic heterocycles. The molecule has 0 bridgehead atoms. The number of piperidine rings is 1. The molecule has 1 N–H and O–H groups in total. The van der Waals surface area contributed by atoms with Crippen molar-refractivity contribution in [1.29, 1.82) is 0 Å². The highest BCUT2D eigenvalue weighted by Gasteiger charge is 2.26. The van der Waals surface area contributed by atoms with E-state index in [1.807, 2.05) is 5.38 Å². The van der Waals surface area contributed by atoms with Gasteiger partial charge in [0.1, 0.15) is 4.88 Å². The Labute approximate surface area is 172 Å². The molecule has 1 aliphatic heterocycles. The zero-order chi connectivity index (χ0) is 20.4. The first-order valence-electron chi connectivity index (χ1n) is 9.25. The standard InChI is InChI=1S/C19H20N4O4S2/c1-13-20-19(27-22-13)17-16(9-12-28-17)21-18(24)14-5-7-15(8-6-14)29(25,26)23-10-3-2-4-11-23/h5-9,12H,2-4,10-11H2,1H3,(H,21,24). The van der Waals surface area contributed by atoms with Crippen molar-refractivity contribution in [3.05, 3.63) is 47.1 Å². The van der Waals surface area contributed by atoms with E-state index in [2.05, 4.69) is 15.5 Å². The van der Waals surface area contributed by atoms with E-state index in [1.165, 1.54) is 39.9 Å². The van der Waals surface area contributed by atoms with Gasteiger partial charge in [0.2, 0.25) is 10.0 Å². The van der Waals surface area contributed by atoms with E-state index in [-0.39, 0.29) is 10.8 Å². The summed E-state index contributed by atoms with van der Waals surface area (Å²) >= 11 is 1.38. The maximum absolute atomic E-state index is 12.7. The largest absolute Gasteiger partial charge is 0.333 e. The van der Waals surface area contributed by atoms with E-state index in [9.17, 15) is 13.2 Å². The van der Waals surface area contributed by atoms with E-state index in [0.29, 0.717) is 40.9 Å². The fraction of sp³-hybridized carbons (Fsp3) is 0.316. The van der Waals surface area contributed by atoms with Crippen molar-refractivity contribution in [1.82, 2.24) is 14.4 Å². The van der Waals surface area contributed by atoms with Crippen LogP contribution >= 0.6 is 11.3 Å². The molecule has 0 atom stereocenters. The van der Waals surface area contributed by atoms with E-state index in [1.54, 1.807) is 13.0 Å². The Morgan fingerprint density at radius 3 is 2.52 bits per heavy atom. The van der Waals surface area contributed by atoms with Gasteiger partial charge >= 0.3 is 0 Å². The summed E-state index contributed by atoms with van der Waals surface area (Å²) in [6, 6.07) is 7.76. The monoisotopic (exact) mass is 432 g/mol. The third-order valence-electron chi connectivity index (χ3n) is 4.70. The number of amides is 1. The summed E-state index contributed by atoms with van der Waals surface area (Å²) in [5.74, 6) is 0.509. The molecule has 10 heteroatoms. The van der Waals surface area contributed by atoms with Crippen molar-refractivity contribution in [3.8, 4) is 10.8 Å². The summed E-state index contributed by atoms with van der Waals surface area (Å²) in [6.07, 6.45) is 2.81. The third kappa shape index (κ3) is 4.09. The van der Waals surface area contributed by atoms with Crippen LogP contribution in [0.2, 0.25) is 0 Å². The molecule has 0 spiro atoms. The molecular formula is C19H20N4O4S2. The van der Waals surface area contributed by atoms with Crippen LogP contribution in [-0.4, -0.2) is 41.9 Å². The Morgan fingerprint density at radius 2 is 1.86 bits per heavy atom. The van der Waals surface area contributed by atoms with E-state index in [0.717, 1.165) is 19.3 Å². The van der Waals surface area contributed by atoms with Gasteiger partial charge in [-0.1, -0.05) is 11.6 Å². The minimum Gasteiger partial charge on any atom is -0.333 e. The number of carbonyl (C=O) groups excluding carboxylic acids is 1. The molecule has 152 valence electrons. The number of carbonyl (C=O) groups is 1. The van der Waals surface area contributed by atoms with Gasteiger partial charge < -0.3 is 9.84 Å². The van der Waals surface area contributed by atoms with Crippen molar-refractivity contribution in [3.63, 3.8) is 0 Å². The number of nitrogens with zero attached hydrogens (tertiary/aromatic N) is 3. The lowest BCUT2D eigenvalue weighted by atomic mass is 10.2. The van der Waals surface area contributed by atoms with Gasteiger partial charge in [0.15, 0.2) is 5.82 Å². The SMILES string of the molecule is Cc1noc(-c2sccc2NC(=O)c2ccc(S(=O)(=O)N3CCCCC3)cc2)n1. The molecule has 3 heterocycles. The number of hydrogen-bond acceptors (Lipinski definition) is 7. The van der Waals surface area contributed by atoms with Gasteiger partial charge in [-0.3, -0.25) is 4.79 Å². The molecule has 8 nitrogen and oxygen atoms in total. The van der Waals surface area contributed by atoms with Crippen LogP contribution in [0, 0.1) is 6.92 Å². The quantitative estimate of drug-likeness (QED) is 0.661. The van der Waals surface area contributed by atoms with Gasteiger partial charge in [-0.15, -0.1) is 11.3 Å². The maximum Gasteiger partial charge on any atom is 0.270 e. The molecule has 1 saturated heterocycles. The summed E-state index contributed by atoms with van der Waals surface area (Å²) in [4.78, 5) is 17.7. The summed E-state index contributed by atoms with van der Waals surface area (Å²) in [6.45, 7) is 2.81. The minimum atomic E-state index is -3.52. The summed E-state index contributed by atoms with van der Waals surface area (Å²) in [7, 11) is -3.52. The maximum atomic E-state index is 12.7. The summed E-state index contributed by atoms with van der Waals surface area (Å²) in [5, 5.41) is 8.41. The number of rotatable bonds is 5. The Kier molecular flexibility index (Phi) is 5.48. The van der Waals surface area contributed by atoms with Crippen molar-refractivity contribution >= 4 is 33.0 Å². The smallest absolute Gasteiger partial charge is 0.270 e. The summed E-state index contributed by atoms with van der Waals surface area (Å²) < 4.78 is 32.1. The predicted octanol–water partition coefficient (Wildman–Crippen LogP) is 3.53. The number of nitrogens with one attached hydrogen (secondary N) is 1. The third-order valence-corrected chi connectivity index (χ3v) is 7.52. The molecule has 1 aromatic carbocycles. The Morgan fingerprint density at radius 1 is 1.14 bits per heavy atom. The van der Waals surface area contributed by atoms with Crippen LogP contribution in [0.3, 0.4) is 0 Å². The number of aromatic nitrogens is 2. The number of sulfonamides is 1. The van der Waals surface area contributed by atoms with Crippen LogP contribution in [0.1, 0.15) is 35.4 Å². The van der Waals surface area contributed by atoms with Crippen LogP contribution in [0.4, 0.5) is 5.69 Å². The zero-order valence-corrected chi connectivity index (χ0v) is 17.4. The highest BCUT2D eigenvalue weighted by molar-refractivity contribution is 7.89. The fourth-order valence-corrected chi connectivity index (χ4v) is 5.48. The second-order valence-corrected chi connectivity index (χ2v) is 9.61. The topological polar surface area (TPSA) is 105 Å². The van der Waals surface area contributed by atoms with E-state index in [4.69, 9.17) is 4.52 Å². The normalized spacial score (nSPS) is 15.3. The molecule has 0 unspecified atom stereocenters. The number of thiophene rings is 1. The lowest BCUT2D eigenvalue weighted by molar-refractivity contribution is 0.102. The lowest BCUT2D eigenvalue weighted by Crippen LogP contribution is -2.35. The van der Waals surface area contributed by atoms with E-state index >= 15 is 0 Å². The predicted molar refractivity (Wildman–Crippen MR) is 109 cm³/mol. The van der Waals surface area contributed by atoms with Crippen LogP contribution in [-0.2, 0) is 10.0 Å². The molecule has 0 saturated carbocycles. The molecule has 1 amide bonds. The first kappa shape index (κ1) is 19.7. The average molecular weight is 433 g/mol. The van der Waals surface area contributed by atoms with Crippen molar-refractivity contribution < 1.29 is 17.7 Å². The van der Waals surface area contributed by atoms with Gasteiger partial charge in [-0.2, -0.15) is 9.29 Å². The summed E-state index contributed by atoms with van der Waals surface area (Å²) in [5.41, 5.74) is 0.926. The molecular weight excluding hydrogens is 412 g/mol. The molecule has 4 rings (SSSR count). The Hall–Kier alpha value is -2.56. The number of benzene rings is 1. The van der Waals surface area contributed by atoms with Crippen LogP contribution in [0.5, 0.6) is 0 Å². The molecule has 1 aliphatic rings. The highest BCUT2D eigenvalue weighted by Crippen LogP contribution is 2.32. The number of hydrogen-bond donors (Lipinski definition) is 1. The molecule has 1 fully saturated rings. The molecule has 29 heavy (non-hydrogen) atoms. The average Bonchev–Trinajstić information content (AvgIpc) is 3.37. The first-order valence-corrected chi connectivity index (χ1v) is 11.6. The molecule has 0 aliphatic carbocycles. The van der Waals surface area contributed by atoms with Gasteiger partial charge in [-0.25, -0.2) is 8.42 Å². The van der Waals surface area contributed by atoms with Crippen LogP contribution < -0.4 is 5.32 Å². The second kappa shape index (κ2) is 8.05.